The molecule has 0 bridgehead atoms. The third-order valence-electron chi connectivity index (χ3n) is 4.59. The van der Waals surface area contributed by atoms with Crippen LogP contribution in [0.15, 0.2) is 42.5 Å². The fourth-order valence-corrected chi connectivity index (χ4v) is 2.97. The fourth-order valence-electron chi connectivity index (χ4n) is 2.97. The van der Waals surface area contributed by atoms with Crippen LogP contribution >= 0.6 is 0 Å². The van der Waals surface area contributed by atoms with Gasteiger partial charge in [0, 0.05) is 5.69 Å². The Hall–Kier alpha value is -2.49. The Morgan fingerprint density at radius 2 is 1.68 bits per heavy atom. The van der Waals surface area contributed by atoms with E-state index in [2.05, 4.69) is 5.32 Å². The minimum Gasteiger partial charge on any atom is -0.490 e. The molecule has 2 aromatic carbocycles. The van der Waals surface area contributed by atoms with Gasteiger partial charge >= 0.3 is 0 Å². The zero-order chi connectivity index (χ0) is 17.6. The maximum Gasteiger partial charge on any atom is 0.262 e. The van der Waals surface area contributed by atoms with Crippen LogP contribution in [0.2, 0.25) is 0 Å². The molecule has 1 N–H and O–H groups in total. The number of rotatable bonds is 6. The number of anilines is 1. The van der Waals surface area contributed by atoms with Gasteiger partial charge in [-0.1, -0.05) is 6.07 Å². The van der Waals surface area contributed by atoms with Gasteiger partial charge in [0.05, 0.1) is 6.10 Å². The van der Waals surface area contributed by atoms with Gasteiger partial charge in [0.2, 0.25) is 0 Å². The summed E-state index contributed by atoms with van der Waals surface area (Å²) in [4.78, 5) is 12.0. The molecule has 0 atom stereocenters. The third-order valence-corrected chi connectivity index (χ3v) is 4.59. The number of amides is 1. The normalized spacial score (nSPS) is 14.3. The van der Waals surface area contributed by atoms with Crippen molar-refractivity contribution in [1.82, 2.24) is 0 Å². The highest BCUT2D eigenvalue weighted by Gasteiger charge is 2.16. The first kappa shape index (κ1) is 17.3. The molecule has 0 radical (unpaired) electrons. The van der Waals surface area contributed by atoms with Crippen molar-refractivity contribution in [2.24, 2.45) is 0 Å². The van der Waals surface area contributed by atoms with Crippen molar-refractivity contribution in [3.05, 3.63) is 53.6 Å². The first-order valence-corrected chi connectivity index (χ1v) is 8.87. The van der Waals surface area contributed by atoms with E-state index in [-0.39, 0.29) is 12.5 Å². The van der Waals surface area contributed by atoms with Crippen molar-refractivity contribution in [2.45, 2.75) is 45.6 Å². The first-order chi connectivity index (χ1) is 12.1. The highest BCUT2D eigenvalue weighted by atomic mass is 16.5. The molecule has 4 nitrogen and oxygen atoms in total. The molecule has 1 aliphatic rings. The van der Waals surface area contributed by atoms with E-state index >= 15 is 0 Å². The van der Waals surface area contributed by atoms with Crippen LogP contribution in [-0.2, 0) is 4.79 Å². The maximum absolute atomic E-state index is 12.0. The molecule has 0 unspecified atom stereocenters. The van der Waals surface area contributed by atoms with Gasteiger partial charge in [-0.3, -0.25) is 4.79 Å². The quantitative estimate of drug-likeness (QED) is 0.834. The molecule has 4 heteroatoms. The van der Waals surface area contributed by atoms with Crippen LogP contribution in [-0.4, -0.2) is 18.6 Å². The topological polar surface area (TPSA) is 47.6 Å². The van der Waals surface area contributed by atoms with Gasteiger partial charge in [-0.2, -0.15) is 0 Å². The van der Waals surface area contributed by atoms with Crippen molar-refractivity contribution in [1.29, 1.82) is 0 Å². The third kappa shape index (κ3) is 4.99. The number of carbonyl (C=O) groups excluding carboxylic acids is 1. The summed E-state index contributed by atoms with van der Waals surface area (Å²) >= 11 is 0. The van der Waals surface area contributed by atoms with Gasteiger partial charge in [-0.05, 0) is 87.1 Å². The monoisotopic (exact) mass is 339 g/mol. The number of hydrogen-bond acceptors (Lipinski definition) is 3. The number of carbonyl (C=O) groups is 1. The van der Waals surface area contributed by atoms with E-state index in [1.807, 2.05) is 56.3 Å². The lowest BCUT2D eigenvalue weighted by atomic mass is 10.1. The molecule has 132 valence electrons. The Bertz CT molecular complexity index is 718. The number of ether oxygens (including phenoxy) is 2. The van der Waals surface area contributed by atoms with Crippen LogP contribution in [0, 0.1) is 13.8 Å². The van der Waals surface area contributed by atoms with Crippen LogP contribution < -0.4 is 14.8 Å². The minimum atomic E-state index is -0.178. The van der Waals surface area contributed by atoms with E-state index in [0.29, 0.717) is 11.9 Å². The lowest BCUT2D eigenvalue weighted by Gasteiger charge is -2.13. The summed E-state index contributed by atoms with van der Waals surface area (Å²) in [5.41, 5.74) is 3.10. The molecule has 0 saturated heterocycles. The molecule has 25 heavy (non-hydrogen) atoms. The van der Waals surface area contributed by atoms with Gasteiger partial charge in [0.15, 0.2) is 6.61 Å². The molecule has 0 heterocycles. The molecule has 1 fully saturated rings. The Kier molecular flexibility index (Phi) is 5.59. The smallest absolute Gasteiger partial charge is 0.262 e. The Balaban J connectivity index is 1.47. The first-order valence-electron chi connectivity index (χ1n) is 8.87. The van der Waals surface area contributed by atoms with Crippen LogP contribution in [0.1, 0.15) is 36.8 Å². The summed E-state index contributed by atoms with van der Waals surface area (Å²) in [6.07, 6.45) is 5.10. The van der Waals surface area contributed by atoms with Crippen molar-refractivity contribution in [2.75, 3.05) is 11.9 Å². The largest absolute Gasteiger partial charge is 0.490 e. The molecule has 0 aromatic heterocycles. The van der Waals surface area contributed by atoms with Gasteiger partial charge in [0.25, 0.3) is 5.91 Å². The van der Waals surface area contributed by atoms with Crippen molar-refractivity contribution in [3.63, 3.8) is 0 Å². The number of aryl methyl sites for hydroxylation is 2. The Morgan fingerprint density at radius 1 is 1.00 bits per heavy atom. The molecule has 0 aliphatic heterocycles. The second-order valence-corrected chi connectivity index (χ2v) is 6.63. The zero-order valence-corrected chi connectivity index (χ0v) is 14.9. The number of nitrogens with one attached hydrogen (secondary N) is 1. The van der Waals surface area contributed by atoms with Crippen LogP contribution in [0.5, 0.6) is 11.5 Å². The average molecular weight is 339 g/mol. The van der Waals surface area contributed by atoms with E-state index < -0.39 is 0 Å². The van der Waals surface area contributed by atoms with Crippen LogP contribution in [0.25, 0.3) is 0 Å². The second kappa shape index (κ2) is 8.06. The fraction of sp³-hybridized carbons (Fsp3) is 0.381. The van der Waals surface area contributed by atoms with E-state index in [0.717, 1.165) is 29.8 Å². The van der Waals surface area contributed by atoms with Crippen molar-refractivity contribution < 1.29 is 14.3 Å². The van der Waals surface area contributed by atoms with Gasteiger partial charge in [-0.15, -0.1) is 0 Å². The predicted octanol–water partition coefficient (Wildman–Crippen LogP) is 4.64. The molecule has 1 saturated carbocycles. The van der Waals surface area contributed by atoms with Crippen molar-refractivity contribution >= 4 is 11.6 Å². The van der Waals surface area contributed by atoms with E-state index in [4.69, 9.17) is 9.47 Å². The second-order valence-electron chi connectivity index (χ2n) is 6.63. The summed E-state index contributed by atoms with van der Waals surface area (Å²) in [5, 5.41) is 2.84. The summed E-state index contributed by atoms with van der Waals surface area (Å²) in [6.45, 7) is 4.06. The molecular formula is C21H25NO3. The summed E-state index contributed by atoms with van der Waals surface area (Å²) in [7, 11) is 0. The summed E-state index contributed by atoms with van der Waals surface area (Å²) in [5.74, 6) is 1.39. The van der Waals surface area contributed by atoms with Gasteiger partial charge < -0.3 is 14.8 Å². The molecule has 1 aliphatic carbocycles. The highest BCUT2D eigenvalue weighted by molar-refractivity contribution is 5.91. The molecular weight excluding hydrogens is 314 g/mol. The SMILES string of the molecule is Cc1ccc(OCC(=O)Nc2ccc(OC3CCCC3)cc2)cc1C. The lowest BCUT2D eigenvalue weighted by Crippen LogP contribution is -2.20. The molecule has 2 aromatic rings. The molecule has 1 amide bonds. The standard InChI is InChI=1S/C21H25NO3/c1-15-7-10-20(13-16(15)2)24-14-21(23)22-17-8-11-19(12-9-17)25-18-5-3-4-6-18/h7-13,18H,3-6,14H2,1-2H3,(H,22,23). The van der Waals surface area contributed by atoms with E-state index in [9.17, 15) is 4.79 Å². The minimum absolute atomic E-state index is 0.0111. The van der Waals surface area contributed by atoms with Crippen LogP contribution in [0.4, 0.5) is 5.69 Å². The Labute approximate surface area is 149 Å². The van der Waals surface area contributed by atoms with Gasteiger partial charge in [-0.25, -0.2) is 0 Å². The molecule has 3 rings (SSSR count). The zero-order valence-electron chi connectivity index (χ0n) is 14.9. The van der Waals surface area contributed by atoms with Crippen LogP contribution in [0.3, 0.4) is 0 Å². The average Bonchev–Trinajstić information content (AvgIpc) is 3.11. The number of benzene rings is 2. The summed E-state index contributed by atoms with van der Waals surface area (Å²) in [6, 6.07) is 13.3. The highest BCUT2D eigenvalue weighted by Crippen LogP contribution is 2.25. The molecule has 0 spiro atoms. The van der Waals surface area contributed by atoms with E-state index in [1.54, 1.807) is 0 Å². The number of hydrogen-bond donors (Lipinski definition) is 1. The van der Waals surface area contributed by atoms with Gasteiger partial charge in [0.1, 0.15) is 11.5 Å². The Morgan fingerprint density at radius 3 is 2.36 bits per heavy atom. The van der Waals surface area contributed by atoms with E-state index in [1.165, 1.54) is 18.4 Å². The lowest BCUT2D eigenvalue weighted by molar-refractivity contribution is -0.118. The predicted molar refractivity (Wildman–Crippen MR) is 99.4 cm³/mol. The maximum atomic E-state index is 12.0. The van der Waals surface area contributed by atoms with Crippen molar-refractivity contribution in [3.8, 4) is 11.5 Å². The summed E-state index contributed by atoms with van der Waals surface area (Å²) < 4.78 is 11.5.